The molecule has 172 valence electrons. The normalized spacial score (nSPS) is 15.8. The van der Waals surface area contributed by atoms with Gasteiger partial charge in [0.2, 0.25) is 5.95 Å². The van der Waals surface area contributed by atoms with E-state index >= 15 is 0 Å². The number of rotatable bonds is 7. The first kappa shape index (κ1) is 21.8. The zero-order valence-corrected chi connectivity index (χ0v) is 19.2. The Morgan fingerprint density at radius 3 is 2.61 bits per heavy atom. The molecule has 1 aromatic carbocycles. The van der Waals surface area contributed by atoms with Gasteiger partial charge in [0, 0.05) is 19.1 Å². The number of H-pyrrole nitrogens is 1. The van der Waals surface area contributed by atoms with Crippen LogP contribution in [0.1, 0.15) is 42.1 Å². The smallest absolute Gasteiger partial charge is 0.330 e. The number of benzene rings is 1. The topological polar surface area (TPSA) is 132 Å². The third kappa shape index (κ3) is 4.06. The summed E-state index contributed by atoms with van der Waals surface area (Å²) in [6.45, 7) is 1.72. The maximum atomic E-state index is 13.0. The van der Waals surface area contributed by atoms with Crippen molar-refractivity contribution in [2.45, 2.75) is 36.9 Å². The lowest BCUT2D eigenvalue weighted by molar-refractivity contribution is 0.102. The molecule has 1 saturated heterocycles. The lowest BCUT2D eigenvalue weighted by Crippen LogP contribution is -2.36. The maximum absolute atomic E-state index is 13.0. The van der Waals surface area contributed by atoms with E-state index in [-0.39, 0.29) is 23.2 Å². The van der Waals surface area contributed by atoms with Crippen LogP contribution in [0, 0.1) is 0 Å². The summed E-state index contributed by atoms with van der Waals surface area (Å²) in [4.78, 5) is 41.9. The molecule has 2 aromatic heterocycles. The van der Waals surface area contributed by atoms with Gasteiger partial charge in [-0.25, -0.2) is 4.79 Å². The number of para-hydroxylation sites is 1. The Morgan fingerprint density at radius 2 is 1.91 bits per heavy atom. The average Bonchev–Trinajstić information content (AvgIpc) is 3.29. The Labute approximate surface area is 197 Å². The van der Waals surface area contributed by atoms with Crippen LogP contribution < -0.4 is 21.9 Å². The molecular formula is C21H22ClN7O3S. The second kappa shape index (κ2) is 8.71. The van der Waals surface area contributed by atoms with Gasteiger partial charge in [0.1, 0.15) is 11.4 Å². The van der Waals surface area contributed by atoms with Crippen LogP contribution in [0.25, 0.3) is 5.69 Å². The number of halogens is 1. The van der Waals surface area contributed by atoms with E-state index in [1.165, 1.54) is 4.57 Å². The Bertz CT molecular complexity index is 1340. The van der Waals surface area contributed by atoms with Crippen molar-refractivity contribution in [2.24, 2.45) is 0 Å². The molecule has 0 amide bonds. The quantitative estimate of drug-likeness (QED) is 0.383. The molecule has 0 spiro atoms. The van der Waals surface area contributed by atoms with Gasteiger partial charge in [0.15, 0.2) is 10.9 Å². The van der Waals surface area contributed by atoms with Gasteiger partial charge in [-0.2, -0.15) is 0 Å². The number of carbonyl (C=O) groups excluding carboxylic acids is 1. The van der Waals surface area contributed by atoms with Gasteiger partial charge in [0.25, 0.3) is 5.56 Å². The molecule has 0 bridgehead atoms. The lowest BCUT2D eigenvalue weighted by Gasteiger charge is -2.19. The number of nitrogens with zero attached hydrogens (tertiary/aromatic N) is 5. The van der Waals surface area contributed by atoms with Crippen LogP contribution in [-0.4, -0.2) is 48.9 Å². The van der Waals surface area contributed by atoms with E-state index in [0.29, 0.717) is 21.8 Å². The number of nitrogens with one attached hydrogen (secondary N) is 1. The van der Waals surface area contributed by atoms with Crippen molar-refractivity contribution in [3.63, 3.8) is 0 Å². The highest BCUT2D eigenvalue weighted by Gasteiger charge is 2.30. The highest BCUT2D eigenvalue weighted by Crippen LogP contribution is 2.36. The minimum Gasteiger partial charge on any atom is -0.384 e. The van der Waals surface area contributed by atoms with E-state index in [9.17, 15) is 14.4 Å². The standard InChI is InChI=1S/C21H22ClN7O3S/c22-13-5-1-2-6-14(13)29-19(27-9-3-4-10-27)25-26-21(29)33-11-15(30)16-17(23)28(12-7-8-12)20(32)24-18(16)31/h1-2,5-6,12H,3-4,7-11,23H2,(H,24,31,32). The molecule has 0 unspecified atom stereocenters. The van der Waals surface area contributed by atoms with Crippen LogP contribution in [0.4, 0.5) is 11.8 Å². The summed E-state index contributed by atoms with van der Waals surface area (Å²) in [5, 5.41) is 9.68. The van der Waals surface area contributed by atoms with Crippen molar-refractivity contribution in [1.82, 2.24) is 24.3 Å². The van der Waals surface area contributed by atoms with Crippen molar-refractivity contribution in [3.05, 3.63) is 55.7 Å². The second-order valence-electron chi connectivity index (χ2n) is 8.10. The Balaban J connectivity index is 1.47. The van der Waals surface area contributed by atoms with E-state index in [2.05, 4.69) is 20.1 Å². The van der Waals surface area contributed by atoms with Crippen molar-refractivity contribution in [3.8, 4) is 5.69 Å². The Hall–Kier alpha value is -3.05. The first-order valence-electron chi connectivity index (χ1n) is 10.7. The van der Waals surface area contributed by atoms with Crippen molar-refractivity contribution >= 4 is 40.9 Å². The number of Topliss-reactive ketones (excluding diaryl/α,β-unsaturated/α-hetero) is 1. The van der Waals surface area contributed by atoms with Gasteiger partial charge in [-0.15, -0.1) is 10.2 Å². The van der Waals surface area contributed by atoms with Crippen LogP contribution in [0.15, 0.2) is 39.0 Å². The third-order valence-corrected chi connectivity index (χ3v) is 7.05. The van der Waals surface area contributed by atoms with E-state index < -0.39 is 17.0 Å². The summed E-state index contributed by atoms with van der Waals surface area (Å²) in [6, 6.07) is 7.29. The molecule has 3 N–H and O–H groups in total. The molecule has 0 atom stereocenters. The number of aromatic amines is 1. The monoisotopic (exact) mass is 487 g/mol. The Kier molecular flexibility index (Phi) is 5.75. The van der Waals surface area contributed by atoms with E-state index in [1.54, 1.807) is 6.07 Å². The molecule has 0 radical (unpaired) electrons. The van der Waals surface area contributed by atoms with Crippen molar-refractivity contribution < 1.29 is 4.79 Å². The SMILES string of the molecule is Nc1c(C(=O)CSc2nnc(N3CCCC3)n2-c2ccccc2Cl)c(=O)[nH]c(=O)n1C1CC1. The summed E-state index contributed by atoms with van der Waals surface area (Å²) in [7, 11) is 0. The van der Waals surface area contributed by atoms with Crippen molar-refractivity contribution in [1.29, 1.82) is 0 Å². The molecule has 2 aliphatic rings. The predicted molar refractivity (Wildman–Crippen MR) is 127 cm³/mol. The zero-order chi connectivity index (χ0) is 23.1. The predicted octanol–water partition coefficient (Wildman–Crippen LogP) is 2.26. The average molecular weight is 488 g/mol. The molecule has 1 aliphatic carbocycles. The minimum atomic E-state index is -0.773. The van der Waals surface area contributed by atoms with Crippen LogP contribution >= 0.6 is 23.4 Å². The fraction of sp³-hybridized carbons (Fsp3) is 0.381. The largest absolute Gasteiger partial charge is 0.384 e. The van der Waals surface area contributed by atoms with Crippen LogP contribution in [0.3, 0.4) is 0 Å². The summed E-state index contributed by atoms with van der Waals surface area (Å²) in [5.41, 5.74) is 5.23. The number of anilines is 2. The number of nitrogens with two attached hydrogens (primary N) is 1. The minimum absolute atomic E-state index is 0.0695. The molecule has 3 heterocycles. The first-order valence-corrected chi connectivity index (χ1v) is 12.1. The second-order valence-corrected chi connectivity index (χ2v) is 9.45. The zero-order valence-electron chi connectivity index (χ0n) is 17.7. The lowest BCUT2D eigenvalue weighted by atomic mass is 10.2. The van der Waals surface area contributed by atoms with Crippen LogP contribution in [0.5, 0.6) is 0 Å². The number of aromatic nitrogens is 5. The summed E-state index contributed by atoms with van der Waals surface area (Å²) in [5.74, 6) is 0.000553. The third-order valence-electron chi connectivity index (χ3n) is 5.80. The van der Waals surface area contributed by atoms with Gasteiger partial charge >= 0.3 is 5.69 Å². The molecule has 12 heteroatoms. The van der Waals surface area contributed by atoms with E-state index in [1.807, 2.05) is 22.8 Å². The number of thioether (sulfide) groups is 1. The van der Waals surface area contributed by atoms with Gasteiger partial charge in [-0.1, -0.05) is 35.5 Å². The van der Waals surface area contributed by atoms with Gasteiger partial charge < -0.3 is 10.6 Å². The van der Waals surface area contributed by atoms with Gasteiger partial charge in [-0.05, 0) is 37.8 Å². The van der Waals surface area contributed by atoms with E-state index in [4.69, 9.17) is 17.3 Å². The van der Waals surface area contributed by atoms with E-state index in [0.717, 1.165) is 50.5 Å². The molecule has 10 nitrogen and oxygen atoms in total. The molecule has 5 rings (SSSR count). The molecule has 1 aliphatic heterocycles. The molecule has 3 aromatic rings. The number of hydrogen-bond acceptors (Lipinski definition) is 8. The number of carbonyl (C=O) groups is 1. The van der Waals surface area contributed by atoms with Gasteiger partial charge in [-0.3, -0.25) is 23.7 Å². The molecule has 33 heavy (non-hydrogen) atoms. The number of ketones is 1. The highest BCUT2D eigenvalue weighted by atomic mass is 35.5. The summed E-state index contributed by atoms with van der Waals surface area (Å²) < 4.78 is 3.14. The summed E-state index contributed by atoms with van der Waals surface area (Å²) in [6.07, 6.45) is 3.71. The highest BCUT2D eigenvalue weighted by molar-refractivity contribution is 7.99. The fourth-order valence-corrected chi connectivity index (χ4v) is 5.09. The Morgan fingerprint density at radius 1 is 1.18 bits per heavy atom. The van der Waals surface area contributed by atoms with Gasteiger partial charge in [0.05, 0.1) is 16.5 Å². The fourth-order valence-electron chi connectivity index (χ4n) is 4.05. The molecule has 2 fully saturated rings. The first-order chi connectivity index (χ1) is 16.0. The maximum Gasteiger partial charge on any atom is 0.330 e. The van der Waals surface area contributed by atoms with Crippen LogP contribution in [-0.2, 0) is 0 Å². The summed E-state index contributed by atoms with van der Waals surface area (Å²) >= 11 is 7.61. The van der Waals surface area contributed by atoms with Crippen molar-refractivity contribution in [2.75, 3.05) is 29.5 Å². The van der Waals surface area contributed by atoms with Crippen LogP contribution in [0.2, 0.25) is 5.02 Å². The number of nitrogen functional groups attached to an aromatic ring is 1. The molecular weight excluding hydrogens is 466 g/mol. The number of hydrogen-bond donors (Lipinski definition) is 2. The molecule has 1 saturated carbocycles.